The molecule has 4 heterocycles. The fraction of sp³-hybridized carbons (Fsp3) is 0.467. The van der Waals surface area contributed by atoms with Crippen LogP contribution in [0.15, 0.2) is 37.1 Å². The molecule has 2 aliphatic rings. The third-order valence-corrected chi connectivity index (χ3v) is 7.62. The molecule has 196 valence electrons. The molecular formula is C30H39N5O2. The summed E-state index contributed by atoms with van der Waals surface area (Å²) in [5, 5.41) is 9.45. The second-order valence-corrected chi connectivity index (χ2v) is 10.2. The fourth-order valence-corrected chi connectivity index (χ4v) is 5.66. The molecule has 37 heavy (non-hydrogen) atoms. The van der Waals surface area contributed by atoms with E-state index in [2.05, 4.69) is 72.4 Å². The second kappa shape index (κ2) is 10.6. The van der Waals surface area contributed by atoms with Crippen LogP contribution in [-0.4, -0.2) is 49.8 Å². The lowest BCUT2D eigenvalue weighted by molar-refractivity contribution is 0.0923. The maximum absolute atomic E-state index is 6.69. The maximum atomic E-state index is 6.69. The lowest BCUT2D eigenvalue weighted by Crippen LogP contribution is -2.40. The molecular weight excluding hydrogens is 462 g/mol. The number of aryl methyl sites for hydroxylation is 3. The van der Waals surface area contributed by atoms with Gasteiger partial charge in [0.15, 0.2) is 0 Å². The highest BCUT2D eigenvalue weighted by molar-refractivity contribution is 5.83. The van der Waals surface area contributed by atoms with Crippen molar-refractivity contribution in [2.45, 2.75) is 72.2 Å². The van der Waals surface area contributed by atoms with Gasteiger partial charge in [-0.15, -0.1) is 5.10 Å². The first-order chi connectivity index (χ1) is 17.9. The Morgan fingerprint density at radius 1 is 1.19 bits per heavy atom. The van der Waals surface area contributed by atoms with Crippen molar-refractivity contribution in [1.29, 1.82) is 0 Å². The van der Waals surface area contributed by atoms with Gasteiger partial charge in [-0.2, -0.15) is 5.10 Å². The number of nitrogens with zero attached hydrogens (tertiary/aromatic N) is 5. The Morgan fingerprint density at radius 2 is 2.03 bits per heavy atom. The second-order valence-electron chi connectivity index (χ2n) is 10.2. The molecule has 2 aromatic heterocycles. The Hall–Kier alpha value is -3.32. The molecule has 7 nitrogen and oxygen atoms in total. The van der Waals surface area contributed by atoms with Crippen molar-refractivity contribution in [2.24, 2.45) is 7.05 Å². The number of hydrogen-bond donors (Lipinski definition) is 0. The predicted molar refractivity (Wildman–Crippen MR) is 149 cm³/mol. The van der Waals surface area contributed by atoms with Gasteiger partial charge in [0.05, 0.1) is 29.6 Å². The van der Waals surface area contributed by atoms with Gasteiger partial charge in [0.25, 0.3) is 0 Å². The van der Waals surface area contributed by atoms with Gasteiger partial charge in [0, 0.05) is 26.2 Å². The van der Waals surface area contributed by atoms with Gasteiger partial charge >= 0.3 is 0 Å². The topological polar surface area (TPSA) is 57.3 Å². The Labute approximate surface area is 220 Å². The number of fused-ring (bicyclic) bond motifs is 6. The Bertz CT molecular complexity index is 1320. The number of aromatic nitrogens is 4. The average molecular weight is 502 g/mol. The zero-order valence-corrected chi connectivity index (χ0v) is 22.8. The molecule has 0 aliphatic carbocycles. The molecule has 1 saturated heterocycles. The highest BCUT2D eigenvalue weighted by Crippen LogP contribution is 2.36. The van der Waals surface area contributed by atoms with Gasteiger partial charge in [-0.1, -0.05) is 31.7 Å². The van der Waals surface area contributed by atoms with Crippen LogP contribution in [-0.2, 0) is 20.1 Å². The van der Waals surface area contributed by atoms with Crippen LogP contribution in [0, 0.1) is 6.92 Å². The van der Waals surface area contributed by atoms with Crippen LogP contribution in [0.5, 0.6) is 11.8 Å². The molecule has 0 radical (unpaired) electrons. The van der Waals surface area contributed by atoms with E-state index in [9.17, 15) is 0 Å². The van der Waals surface area contributed by atoms with Crippen LogP contribution in [0.4, 0.5) is 0 Å². The van der Waals surface area contributed by atoms with Crippen molar-refractivity contribution in [1.82, 2.24) is 24.5 Å². The molecule has 7 heteroatoms. The van der Waals surface area contributed by atoms with E-state index < -0.39 is 0 Å². The number of allylic oxidation sites excluding steroid dienone is 2. The predicted octanol–water partition coefficient (Wildman–Crippen LogP) is 5.87. The third-order valence-electron chi connectivity index (χ3n) is 7.62. The summed E-state index contributed by atoms with van der Waals surface area (Å²) in [5.41, 5.74) is 7.55. The minimum absolute atomic E-state index is 0.00885. The lowest BCUT2D eigenvalue weighted by atomic mass is 9.96. The van der Waals surface area contributed by atoms with E-state index in [0.717, 1.165) is 72.6 Å². The van der Waals surface area contributed by atoms with Gasteiger partial charge in [-0.3, -0.25) is 9.58 Å². The first-order valence-electron chi connectivity index (χ1n) is 13.5. The maximum Gasteiger partial charge on any atom is 0.240 e. The van der Waals surface area contributed by atoms with Crippen LogP contribution in [0.1, 0.15) is 62.4 Å². The SMILES string of the molecule is C=C1/C=C/c2c(OCC)nn(CCC)c2CN2CCCC2[C@@H](C)Oc2c(cnn2C)-c2ccc(C)c1c2. The van der Waals surface area contributed by atoms with Crippen LogP contribution in [0.25, 0.3) is 22.8 Å². The van der Waals surface area contributed by atoms with Crippen LogP contribution >= 0.6 is 0 Å². The minimum atomic E-state index is 0.00885. The lowest BCUT2D eigenvalue weighted by Gasteiger charge is -2.30. The summed E-state index contributed by atoms with van der Waals surface area (Å²) in [7, 11) is 1.95. The fourth-order valence-electron chi connectivity index (χ4n) is 5.66. The van der Waals surface area contributed by atoms with Crippen molar-refractivity contribution in [3.63, 3.8) is 0 Å². The van der Waals surface area contributed by atoms with E-state index in [1.165, 1.54) is 11.3 Å². The summed E-state index contributed by atoms with van der Waals surface area (Å²) in [6, 6.07) is 6.79. The smallest absolute Gasteiger partial charge is 0.240 e. The summed E-state index contributed by atoms with van der Waals surface area (Å²) in [6.45, 7) is 16.2. The van der Waals surface area contributed by atoms with E-state index in [4.69, 9.17) is 14.6 Å². The number of ether oxygens (including phenoxy) is 2. The molecule has 5 rings (SSSR count). The normalized spacial score (nSPS) is 20.8. The van der Waals surface area contributed by atoms with Crippen molar-refractivity contribution < 1.29 is 9.47 Å². The number of benzene rings is 1. The van der Waals surface area contributed by atoms with E-state index in [0.29, 0.717) is 18.5 Å². The Balaban J connectivity index is 1.67. The van der Waals surface area contributed by atoms with Gasteiger partial charge in [0.1, 0.15) is 6.10 Å². The molecule has 1 fully saturated rings. The van der Waals surface area contributed by atoms with E-state index in [1.807, 2.05) is 24.9 Å². The summed E-state index contributed by atoms with van der Waals surface area (Å²) in [6.07, 6.45) is 9.43. The molecule has 2 atom stereocenters. The first-order valence-corrected chi connectivity index (χ1v) is 13.5. The van der Waals surface area contributed by atoms with Crippen molar-refractivity contribution in [3.05, 3.63) is 59.4 Å². The van der Waals surface area contributed by atoms with Crippen LogP contribution in [0.3, 0.4) is 0 Å². The highest BCUT2D eigenvalue weighted by Gasteiger charge is 2.33. The zero-order chi connectivity index (χ0) is 26.1. The molecule has 0 N–H and O–H groups in total. The largest absolute Gasteiger partial charge is 0.476 e. The van der Waals surface area contributed by atoms with Crippen molar-refractivity contribution in [3.8, 4) is 22.9 Å². The third kappa shape index (κ3) is 4.85. The summed E-state index contributed by atoms with van der Waals surface area (Å²) >= 11 is 0. The molecule has 0 amide bonds. The minimum Gasteiger partial charge on any atom is -0.476 e. The molecule has 3 aromatic rings. The van der Waals surface area contributed by atoms with Crippen molar-refractivity contribution >= 4 is 11.6 Å². The molecule has 2 bridgehead atoms. The summed E-state index contributed by atoms with van der Waals surface area (Å²) < 4.78 is 16.7. The zero-order valence-electron chi connectivity index (χ0n) is 22.8. The molecule has 2 aliphatic heterocycles. The van der Waals surface area contributed by atoms with Crippen LogP contribution < -0.4 is 9.47 Å². The number of rotatable bonds is 4. The monoisotopic (exact) mass is 501 g/mol. The number of hydrogen-bond acceptors (Lipinski definition) is 5. The standard InChI is InChI=1S/C30H39N5O2/c1-7-15-35-28-19-34-16-9-10-27(34)22(5)37-30-26(18-31-33(30)6)23-13-11-20(3)25(17-23)21(4)12-14-24(28)29(32-35)36-8-2/h11-14,17-18,22,27H,4,7-10,15-16,19H2,1-3,5-6H3/b14-12+/t22-,27?/m1/s1. The summed E-state index contributed by atoms with van der Waals surface area (Å²) in [4.78, 5) is 2.55. The first kappa shape index (κ1) is 25.3. The van der Waals surface area contributed by atoms with E-state index in [-0.39, 0.29) is 6.10 Å². The Kier molecular flexibility index (Phi) is 7.24. The Morgan fingerprint density at radius 3 is 2.81 bits per heavy atom. The van der Waals surface area contributed by atoms with Gasteiger partial charge in [-0.05, 0) is 81.0 Å². The summed E-state index contributed by atoms with van der Waals surface area (Å²) in [5.74, 6) is 1.50. The molecule has 1 unspecified atom stereocenters. The van der Waals surface area contributed by atoms with Gasteiger partial charge in [-0.25, -0.2) is 4.68 Å². The molecule has 1 aromatic carbocycles. The van der Waals surface area contributed by atoms with Gasteiger partial charge in [0.2, 0.25) is 11.8 Å². The van der Waals surface area contributed by atoms with E-state index >= 15 is 0 Å². The average Bonchev–Trinajstić information content (AvgIpc) is 3.57. The quantitative estimate of drug-likeness (QED) is 0.447. The molecule has 0 spiro atoms. The van der Waals surface area contributed by atoms with Crippen molar-refractivity contribution in [2.75, 3.05) is 13.2 Å². The molecule has 0 saturated carbocycles. The highest BCUT2D eigenvalue weighted by atomic mass is 16.5. The van der Waals surface area contributed by atoms with Gasteiger partial charge < -0.3 is 9.47 Å². The van der Waals surface area contributed by atoms with Crippen LogP contribution in [0.2, 0.25) is 0 Å². The van der Waals surface area contributed by atoms with E-state index in [1.54, 1.807) is 0 Å².